The quantitative estimate of drug-likeness (QED) is 0.630. The Morgan fingerprint density at radius 1 is 1.21 bits per heavy atom. The standard InChI is InChI=1S/C20H24N2O2/c21-16-11-12-18-15(14-16)6-4-9-19(18)22-20(23)10-5-13-24-17-7-2-1-3-8-17/h1-3,7-8,11-12,14,19H,4-6,9-10,13,21H2,(H,22,23). The number of hydrogen-bond acceptors (Lipinski definition) is 3. The number of ether oxygens (including phenoxy) is 1. The number of carbonyl (C=O) groups is 1. The number of nitrogen functional groups attached to an aromatic ring is 1. The van der Waals surface area contributed by atoms with Crippen LogP contribution < -0.4 is 15.8 Å². The Kier molecular flexibility index (Phi) is 5.36. The van der Waals surface area contributed by atoms with Crippen molar-refractivity contribution < 1.29 is 9.53 Å². The van der Waals surface area contributed by atoms with Crippen LogP contribution in [0, 0.1) is 0 Å². The number of rotatable bonds is 6. The van der Waals surface area contributed by atoms with Crippen LogP contribution in [0.5, 0.6) is 5.75 Å². The van der Waals surface area contributed by atoms with Gasteiger partial charge in [-0.25, -0.2) is 0 Å². The molecule has 0 saturated carbocycles. The Morgan fingerprint density at radius 2 is 2.04 bits per heavy atom. The van der Waals surface area contributed by atoms with E-state index < -0.39 is 0 Å². The highest BCUT2D eigenvalue weighted by Gasteiger charge is 2.21. The van der Waals surface area contributed by atoms with E-state index >= 15 is 0 Å². The van der Waals surface area contributed by atoms with Gasteiger partial charge in [0.25, 0.3) is 0 Å². The van der Waals surface area contributed by atoms with Gasteiger partial charge in [-0.1, -0.05) is 24.3 Å². The summed E-state index contributed by atoms with van der Waals surface area (Å²) < 4.78 is 5.62. The molecule has 0 radical (unpaired) electrons. The first-order chi connectivity index (χ1) is 11.7. The number of amides is 1. The summed E-state index contributed by atoms with van der Waals surface area (Å²) in [5.41, 5.74) is 9.12. The second kappa shape index (κ2) is 7.86. The van der Waals surface area contributed by atoms with E-state index in [1.165, 1.54) is 11.1 Å². The van der Waals surface area contributed by atoms with Crippen molar-refractivity contribution in [3.8, 4) is 5.75 Å². The topological polar surface area (TPSA) is 64.3 Å². The summed E-state index contributed by atoms with van der Waals surface area (Å²) in [6.07, 6.45) is 4.30. The lowest BCUT2D eigenvalue weighted by Gasteiger charge is -2.26. The summed E-state index contributed by atoms with van der Waals surface area (Å²) in [4.78, 5) is 12.2. The number of benzene rings is 2. The highest BCUT2D eigenvalue weighted by Crippen LogP contribution is 2.31. The van der Waals surface area contributed by atoms with Gasteiger partial charge in [0.15, 0.2) is 0 Å². The molecule has 3 N–H and O–H groups in total. The molecule has 1 amide bonds. The molecule has 1 aliphatic carbocycles. The van der Waals surface area contributed by atoms with Gasteiger partial charge in [0.1, 0.15) is 5.75 Å². The van der Waals surface area contributed by atoms with Gasteiger partial charge in [0, 0.05) is 12.1 Å². The van der Waals surface area contributed by atoms with Gasteiger partial charge in [-0.3, -0.25) is 4.79 Å². The van der Waals surface area contributed by atoms with Crippen LogP contribution >= 0.6 is 0 Å². The normalized spacial score (nSPS) is 16.2. The van der Waals surface area contributed by atoms with Gasteiger partial charge in [-0.2, -0.15) is 0 Å². The average molecular weight is 324 g/mol. The van der Waals surface area contributed by atoms with Crippen LogP contribution in [-0.2, 0) is 11.2 Å². The van der Waals surface area contributed by atoms with E-state index in [1.54, 1.807) is 0 Å². The van der Waals surface area contributed by atoms with Gasteiger partial charge in [0.2, 0.25) is 5.91 Å². The molecule has 1 atom stereocenters. The molecule has 0 saturated heterocycles. The number of hydrogen-bond donors (Lipinski definition) is 2. The second-order valence-corrected chi connectivity index (χ2v) is 6.24. The average Bonchev–Trinajstić information content (AvgIpc) is 2.59. The molecule has 126 valence electrons. The number of nitrogens with two attached hydrogens (primary N) is 1. The minimum atomic E-state index is 0.0846. The first-order valence-corrected chi connectivity index (χ1v) is 8.58. The lowest BCUT2D eigenvalue weighted by Crippen LogP contribution is -2.31. The van der Waals surface area contributed by atoms with E-state index in [9.17, 15) is 4.79 Å². The van der Waals surface area contributed by atoms with Crippen LogP contribution in [0.1, 0.15) is 42.9 Å². The molecule has 0 bridgehead atoms. The Labute approximate surface area is 143 Å². The zero-order valence-corrected chi connectivity index (χ0v) is 13.8. The van der Waals surface area contributed by atoms with Crippen molar-refractivity contribution in [2.24, 2.45) is 0 Å². The van der Waals surface area contributed by atoms with Gasteiger partial charge >= 0.3 is 0 Å². The maximum absolute atomic E-state index is 12.2. The fourth-order valence-electron chi connectivity index (χ4n) is 3.19. The number of anilines is 1. The summed E-state index contributed by atoms with van der Waals surface area (Å²) in [6.45, 7) is 0.551. The van der Waals surface area contributed by atoms with Crippen molar-refractivity contribution in [3.05, 3.63) is 59.7 Å². The first kappa shape index (κ1) is 16.4. The van der Waals surface area contributed by atoms with Gasteiger partial charge in [-0.15, -0.1) is 0 Å². The van der Waals surface area contributed by atoms with Crippen LogP contribution in [0.3, 0.4) is 0 Å². The Balaban J connectivity index is 1.46. The molecule has 0 aromatic heterocycles. The number of nitrogens with one attached hydrogen (secondary N) is 1. The second-order valence-electron chi connectivity index (χ2n) is 6.24. The fraction of sp³-hybridized carbons (Fsp3) is 0.350. The Bertz CT molecular complexity index is 685. The molecule has 1 unspecified atom stereocenters. The Morgan fingerprint density at radius 3 is 2.88 bits per heavy atom. The molecule has 3 rings (SSSR count). The smallest absolute Gasteiger partial charge is 0.220 e. The van der Waals surface area contributed by atoms with Gasteiger partial charge in [-0.05, 0) is 61.1 Å². The highest BCUT2D eigenvalue weighted by atomic mass is 16.5. The lowest BCUT2D eigenvalue weighted by atomic mass is 9.87. The van der Waals surface area contributed by atoms with E-state index in [4.69, 9.17) is 10.5 Å². The van der Waals surface area contributed by atoms with Gasteiger partial charge < -0.3 is 15.8 Å². The zero-order valence-electron chi connectivity index (χ0n) is 13.8. The van der Waals surface area contributed by atoms with Crippen molar-refractivity contribution in [1.82, 2.24) is 5.32 Å². The maximum atomic E-state index is 12.2. The molecule has 2 aromatic rings. The third kappa shape index (κ3) is 4.28. The Hall–Kier alpha value is -2.49. The lowest BCUT2D eigenvalue weighted by molar-refractivity contribution is -0.122. The summed E-state index contributed by atoms with van der Waals surface area (Å²) in [6, 6.07) is 15.8. The van der Waals surface area contributed by atoms with Crippen molar-refractivity contribution in [3.63, 3.8) is 0 Å². The first-order valence-electron chi connectivity index (χ1n) is 8.58. The third-order valence-corrected chi connectivity index (χ3v) is 4.38. The van der Waals surface area contributed by atoms with Crippen LogP contribution in [0.25, 0.3) is 0 Å². The van der Waals surface area contributed by atoms with Crippen molar-refractivity contribution in [2.75, 3.05) is 12.3 Å². The van der Waals surface area contributed by atoms with E-state index in [-0.39, 0.29) is 11.9 Å². The monoisotopic (exact) mass is 324 g/mol. The largest absolute Gasteiger partial charge is 0.494 e. The molecule has 4 nitrogen and oxygen atoms in total. The number of aryl methyl sites for hydroxylation is 1. The molecule has 2 aromatic carbocycles. The molecular weight excluding hydrogens is 300 g/mol. The van der Waals surface area contributed by atoms with Crippen molar-refractivity contribution in [2.45, 2.75) is 38.1 Å². The maximum Gasteiger partial charge on any atom is 0.220 e. The van der Waals surface area contributed by atoms with E-state index in [0.717, 1.165) is 30.7 Å². The molecular formula is C20H24N2O2. The minimum Gasteiger partial charge on any atom is -0.494 e. The molecule has 4 heteroatoms. The third-order valence-electron chi connectivity index (χ3n) is 4.38. The number of para-hydroxylation sites is 1. The van der Waals surface area contributed by atoms with Crippen LogP contribution in [0.4, 0.5) is 5.69 Å². The number of carbonyl (C=O) groups excluding carboxylic acids is 1. The molecule has 0 heterocycles. The van der Waals surface area contributed by atoms with Crippen LogP contribution in [0.2, 0.25) is 0 Å². The summed E-state index contributed by atoms with van der Waals surface area (Å²) in [5, 5.41) is 3.16. The van der Waals surface area contributed by atoms with Crippen molar-refractivity contribution >= 4 is 11.6 Å². The SMILES string of the molecule is Nc1ccc2c(c1)CCCC2NC(=O)CCCOc1ccccc1. The van der Waals surface area contributed by atoms with Crippen LogP contribution in [-0.4, -0.2) is 12.5 Å². The minimum absolute atomic E-state index is 0.0846. The predicted octanol–water partition coefficient (Wildman–Crippen LogP) is 3.62. The van der Waals surface area contributed by atoms with E-state index in [0.29, 0.717) is 19.4 Å². The van der Waals surface area contributed by atoms with Crippen molar-refractivity contribution in [1.29, 1.82) is 0 Å². The summed E-state index contributed by atoms with van der Waals surface area (Å²) in [5.74, 6) is 0.929. The molecule has 0 fully saturated rings. The van der Waals surface area contributed by atoms with E-state index in [1.807, 2.05) is 48.5 Å². The summed E-state index contributed by atoms with van der Waals surface area (Å²) in [7, 11) is 0. The molecule has 1 aliphatic rings. The van der Waals surface area contributed by atoms with Gasteiger partial charge in [0.05, 0.1) is 12.6 Å². The summed E-state index contributed by atoms with van der Waals surface area (Å²) >= 11 is 0. The molecule has 0 aliphatic heterocycles. The number of fused-ring (bicyclic) bond motifs is 1. The predicted molar refractivity (Wildman–Crippen MR) is 95.8 cm³/mol. The fourth-order valence-corrected chi connectivity index (χ4v) is 3.19. The zero-order chi connectivity index (χ0) is 16.8. The van der Waals surface area contributed by atoms with E-state index in [2.05, 4.69) is 5.32 Å². The molecule has 0 spiro atoms. The van der Waals surface area contributed by atoms with Crippen LogP contribution in [0.15, 0.2) is 48.5 Å². The molecule has 24 heavy (non-hydrogen) atoms. The highest BCUT2D eigenvalue weighted by molar-refractivity contribution is 5.76.